The maximum absolute atomic E-state index is 12.9. The maximum atomic E-state index is 12.9. The van der Waals surface area contributed by atoms with Crippen LogP contribution in [0, 0.1) is 0 Å². The van der Waals surface area contributed by atoms with Gasteiger partial charge in [0.05, 0.1) is 11.2 Å². The van der Waals surface area contributed by atoms with E-state index in [2.05, 4.69) is 4.98 Å². The van der Waals surface area contributed by atoms with Crippen LogP contribution < -0.4 is 0 Å². The minimum atomic E-state index is -4.46. The van der Waals surface area contributed by atoms with E-state index in [0.717, 1.165) is 18.5 Å². The number of pyridine rings is 1. The third kappa shape index (κ3) is 3.22. The van der Waals surface area contributed by atoms with E-state index in [1.807, 2.05) is 13.8 Å². The Labute approximate surface area is 105 Å². The average Bonchev–Trinajstić information content (AvgIpc) is 2.28. The molecule has 0 aliphatic carbocycles. The van der Waals surface area contributed by atoms with Crippen LogP contribution in [0.4, 0.5) is 13.2 Å². The van der Waals surface area contributed by atoms with Gasteiger partial charge < -0.3 is 5.11 Å². The molecular weight excluding hydrogens is 243 g/mol. The Bertz CT molecular complexity index is 384. The van der Waals surface area contributed by atoms with E-state index in [1.165, 1.54) is 0 Å². The molecule has 0 amide bonds. The standard InChI is InChI=1S/C13H18F3NO/c1-3-6-12(18,7-4-2)11-9-17-8-5-10(11)13(14,15)16/h5,8-9,18H,3-4,6-7H2,1-2H3. The third-order valence-electron chi connectivity index (χ3n) is 2.95. The second-order valence-corrected chi connectivity index (χ2v) is 4.45. The monoisotopic (exact) mass is 261 g/mol. The summed E-state index contributed by atoms with van der Waals surface area (Å²) in [6.07, 6.45) is -0.400. The molecule has 0 bridgehead atoms. The van der Waals surface area contributed by atoms with Crippen LogP contribution in [-0.2, 0) is 11.8 Å². The molecule has 0 atom stereocenters. The summed E-state index contributed by atoms with van der Waals surface area (Å²) >= 11 is 0. The van der Waals surface area contributed by atoms with Crippen molar-refractivity contribution in [1.29, 1.82) is 0 Å². The molecule has 0 saturated carbocycles. The number of nitrogens with zero attached hydrogens (tertiary/aromatic N) is 1. The van der Waals surface area contributed by atoms with E-state index in [9.17, 15) is 18.3 Å². The molecule has 1 aromatic rings. The number of alkyl halides is 3. The fourth-order valence-corrected chi connectivity index (χ4v) is 2.23. The van der Waals surface area contributed by atoms with Gasteiger partial charge in [-0.25, -0.2) is 0 Å². The summed E-state index contributed by atoms with van der Waals surface area (Å²) in [7, 11) is 0. The topological polar surface area (TPSA) is 33.1 Å². The Hall–Kier alpha value is -1.10. The van der Waals surface area contributed by atoms with Gasteiger partial charge in [0.1, 0.15) is 0 Å². The molecule has 0 radical (unpaired) electrons. The lowest BCUT2D eigenvalue weighted by molar-refractivity contribution is -0.141. The molecule has 0 aliphatic heterocycles. The van der Waals surface area contributed by atoms with Crippen LogP contribution in [0.25, 0.3) is 0 Å². The summed E-state index contributed by atoms with van der Waals surface area (Å²) in [5, 5.41) is 10.5. The van der Waals surface area contributed by atoms with Gasteiger partial charge in [-0.3, -0.25) is 4.98 Å². The van der Waals surface area contributed by atoms with Crippen LogP contribution in [0.2, 0.25) is 0 Å². The highest BCUT2D eigenvalue weighted by Gasteiger charge is 2.40. The summed E-state index contributed by atoms with van der Waals surface area (Å²) in [5.41, 5.74) is -2.34. The van der Waals surface area contributed by atoms with Crippen molar-refractivity contribution in [2.75, 3.05) is 0 Å². The van der Waals surface area contributed by atoms with E-state index in [4.69, 9.17) is 0 Å². The highest BCUT2D eigenvalue weighted by atomic mass is 19.4. The minimum Gasteiger partial charge on any atom is -0.385 e. The van der Waals surface area contributed by atoms with E-state index in [1.54, 1.807) is 0 Å². The third-order valence-corrected chi connectivity index (χ3v) is 2.95. The van der Waals surface area contributed by atoms with Gasteiger partial charge in [0, 0.05) is 18.0 Å². The number of halogens is 3. The van der Waals surface area contributed by atoms with Crippen LogP contribution in [-0.4, -0.2) is 10.1 Å². The zero-order chi connectivity index (χ0) is 13.8. The van der Waals surface area contributed by atoms with Crippen LogP contribution in [0.15, 0.2) is 18.5 Å². The molecule has 2 nitrogen and oxygen atoms in total. The molecular formula is C13H18F3NO. The van der Waals surface area contributed by atoms with Crippen molar-refractivity contribution in [1.82, 2.24) is 4.98 Å². The van der Waals surface area contributed by atoms with Gasteiger partial charge in [0.25, 0.3) is 0 Å². The van der Waals surface area contributed by atoms with Gasteiger partial charge in [-0.15, -0.1) is 0 Å². The Morgan fingerprint density at radius 3 is 2.11 bits per heavy atom. The first-order chi connectivity index (χ1) is 8.35. The van der Waals surface area contributed by atoms with Crippen molar-refractivity contribution in [3.8, 4) is 0 Å². The second kappa shape index (κ2) is 5.69. The van der Waals surface area contributed by atoms with Crippen molar-refractivity contribution in [2.24, 2.45) is 0 Å². The summed E-state index contributed by atoms with van der Waals surface area (Å²) in [5.74, 6) is 0. The molecule has 1 N–H and O–H groups in total. The SMILES string of the molecule is CCCC(O)(CCC)c1cnccc1C(F)(F)F. The first-order valence-electron chi connectivity index (χ1n) is 6.09. The molecule has 0 aliphatic rings. The van der Waals surface area contributed by atoms with Gasteiger partial charge in [-0.05, 0) is 18.9 Å². The van der Waals surface area contributed by atoms with Gasteiger partial charge in [-0.2, -0.15) is 13.2 Å². The number of aliphatic hydroxyl groups is 1. The van der Waals surface area contributed by atoms with Crippen LogP contribution >= 0.6 is 0 Å². The van der Waals surface area contributed by atoms with E-state index < -0.39 is 17.3 Å². The molecule has 102 valence electrons. The molecule has 0 unspecified atom stereocenters. The first kappa shape index (κ1) is 15.0. The molecule has 1 aromatic heterocycles. The smallest absolute Gasteiger partial charge is 0.385 e. The highest BCUT2D eigenvalue weighted by Crippen LogP contribution is 2.40. The Morgan fingerprint density at radius 2 is 1.67 bits per heavy atom. The van der Waals surface area contributed by atoms with Crippen molar-refractivity contribution < 1.29 is 18.3 Å². The first-order valence-corrected chi connectivity index (χ1v) is 6.09. The number of hydrogen-bond donors (Lipinski definition) is 1. The lowest BCUT2D eigenvalue weighted by Crippen LogP contribution is -2.29. The zero-order valence-electron chi connectivity index (χ0n) is 10.6. The van der Waals surface area contributed by atoms with Crippen LogP contribution in [0.3, 0.4) is 0 Å². The predicted molar refractivity (Wildman–Crippen MR) is 63.0 cm³/mol. The molecule has 1 rings (SSSR count). The van der Waals surface area contributed by atoms with E-state index >= 15 is 0 Å². The fourth-order valence-electron chi connectivity index (χ4n) is 2.23. The minimum absolute atomic E-state index is 0.110. The summed E-state index contributed by atoms with van der Waals surface area (Å²) in [6, 6.07) is 0.922. The highest BCUT2D eigenvalue weighted by molar-refractivity contribution is 5.31. The quantitative estimate of drug-likeness (QED) is 0.872. The molecule has 0 saturated heterocycles. The normalized spacial score (nSPS) is 12.8. The molecule has 0 aromatic carbocycles. The van der Waals surface area contributed by atoms with Crippen molar-refractivity contribution >= 4 is 0 Å². The summed E-state index contributed by atoms with van der Waals surface area (Å²) < 4.78 is 38.8. The second-order valence-electron chi connectivity index (χ2n) is 4.45. The van der Waals surface area contributed by atoms with Gasteiger partial charge in [0.2, 0.25) is 0 Å². The molecule has 18 heavy (non-hydrogen) atoms. The van der Waals surface area contributed by atoms with Crippen LogP contribution in [0.1, 0.15) is 50.7 Å². The molecule has 1 heterocycles. The molecule has 5 heteroatoms. The largest absolute Gasteiger partial charge is 0.416 e. The summed E-state index contributed by atoms with van der Waals surface area (Å²) in [6.45, 7) is 3.68. The van der Waals surface area contributed by atoms with Gasteiger partial charge in [-0.1, -0.05) is 26.7 Å². The van der Waals surface area contributed by atoms with Crippen molar-refractivity contribution in [3.05, 3.63) is 29.6 Å². The lowest BCUT2D eigenvalue weighted by Gasteiger charge is -2.30. The lowest BCUT2D eigenvalue weighted by atomic mass is 9.83. The van der Waals surface area contributed by atoms with E-state index in [0.29, 0.717) is 25.7 Å². The number of aromatic nitrogens is 1. The predicted octanol–water partition coefficient (Wildman–Crippen LogP) is 3.89. The number of rotatable bonds is 5. The molecule has 0 spiro atoms. The van der Waals surface area contributed by atoms with Crippen LogP contribution in [0.5, 0.6) is 0 Å². The zero-order valence-corrected chi connectivity index (χ0v) is 10.6. The van der Waals surface area contributed by atoms with Gasteiger partial charge in [0.15, 0.2) is 0 Å². The van der Waals surface area contributed by atoms with Crippen molar-refractivity contribution in [3.63, 3.8) is 0 Å². The van der Waals surface area contributed by atoms with Gasteiger partial charge >= 0.3 is 6.18 Å². The fraction of sp³-hybridized carbons (Fsp3) is 0.615. The Balaban J connectivity index is 3.28. The average molecular weight is 261 g/mol. The Morgan fingerprint density at radius 1 is 1.11 bits per heavy atom. The molecule has 0 fully saturated rings. The Kier molecular flexibility index (Phi) is 4.73. The number of hydrogen-bond acceptors (Lipinski definition) is 2. The van der Waals surface area contributed by atoms with Crippen molar-refractivity contribution in [2.45, 2.75) is 51.3 Å². The summed E-state index contributed by atoms with van der Waals surface area (Å²) in [4.78, 5) is 3.73. The van der Waals surface area contributed by atoms with E-state index in [-0.39, 0.29) is 5.56 Å². The maximum Gasteiger partial charge on any atom is 0.416 e.